The number of aryl methyl sites for hydroxylation is 1. The van der Waals surface area contributed by atoms with Crippen molar-refractivity contribution in [3.8, 4) is 0 Å². The molecule has 9 heteroatoms. The van der Waals surface area contributed by atoms with E-state index in [4.69, 9.17) is 0 Å². The van der Waals surface area contributed by atoms with Crippen molar-refractivity contribution >= 4 is 28.1 Å². The highest BCUT2D eigenvalue weighted by Gasteiger charge is 2.37. The zero-order valence-electron chi connectivity index (χ0n) is 12.4. The lowest BCUT2D eigenvalue weighted by Gasteiger charge is -2.07. The van der Waals surface area contributed by atoms with Crippen molar-refractivity contribution in [3.63, 3.8) is 0 Å². The molecule has 0 unspecified atom stereocenters. The minimum absolute atomic E-state index is 0.0320. The Labute approximate surface area is 133 Å². The van der Waals surface area contributed by atoms with Gasteiger partial charge in [0.1, 0.15) is 0 Å². The van der Waals surface area contributed by atoms with Gasteiger partial charge in [0.25, 0.3) is 5.82 Å². The number of anilines is 2. The molecule has 0 amide bonds. The Balaban J connectivity index is 1.72. The Hall–Kier alpha value is -3.10. The second kappa shape index (κ2) is 4.95. The van der Waals surface area contributed by atoms with Gasteiger partial charge in [-0.05, 0) is 43.3 Å². The first kappa shape index (κ1) is 14.5. The third-order valence-corrected chi connectivity index (χ3v) is 3.54. The molecule has 0 spiro atoms. The zero-order valence-corrected chi connectivity index (χ0v) is 12.4. The van der Waals surface area contributed by atoms with Crippen molar-refractivity contribution in [2.24, 2.45) is 0 Å². The molecule has 0 bridgehead atoms. The molecule has 0 saturated heterocycles. The van der Waals surface area contributed by atoms with E-state index in [2.05, 4.69) is 25.6 Å². The minimum atomic E-state index is -4.62. The zero-order chi connectivity index (χ0) is 16.9. The number of hydrogen-bond acceptors (Lipinski definition) is 4. The molecule has 0 aliphatic carbocycles. The first-order chi connectivity index (χ1) is 11.4. The third kappa shape index (κ3) is 2.43. The maximum atomic E-state index is 12.9. The maximum absolute atomic E-state index is 12.9. The average Bonchev–Trinajstić information content (AvgIpc) is 3.08. The molecule has 0 saturated carbocycles. The topological polar surface area (TPSA) is 70.9 Å². The van der Waals surface area contributed by atoms with E-state index in [1.54, 1.807) is 6.07 Å². The molecule has 0 radical (unpaired) electrons. The summed E-state index contributed by atoms with van der Waals surface area (Å²) < 4.78 is 39.4. The Kier molecular flexibility index (Phi) is 2.99. The molecule has 0 fully saturated rings. The van der Waals surface area contributed by atoms with Gasteiger partial charge < -0.3 is 10.3 Å². The van der Waals surface area contributed by atoms with Gasteiger partial charge in [-0.1, -0.05) is 0 Å². The fourth-order valence-electron chi connectivity index (χ4n) is 2.54. The number of nitrogens with one attached hydrogen (secondary N) is 2. The number of alkyl halides is 3. The van der Waals surface area contributed by atoms with E-state index >= 15 is 0 Å². The summed E-state index contributed by atoms with van der Waals surface area (Å²) in [4.78, 5) is 3.21. The van der Waals surface area contributed by atoms with Crippen LogP contribution in [-0.2, 0) is 6.18 Å². The van der Waals surface area contributed by atoms with E-state index < -0.39 is 12.0 Å². The van der Waals surface area contributed by atoms with E-state index in [9.17, 15) is 13.2 Å². The summed E-state index contributed by atoms with van der Waals surface area (Å²) in [5.41, 5.74) is 2.76. The number of aromatic nitrogens is 5. The lowest BCUT2D eigenvalue weighted by Crippen LogP contribution is -2.13. The van der Waals surface area contributed by atoms with Crippen LogP contribution in [0, 0.1) is 6.92 Å². The summed E-state index contributed by atoms with van der Waals surface area (Å²) in [6, 6.07) is 10.6. The third-order valence-electron chi connectivity index (χ3n) is 3.54. The Morgan fingerprint density at radius 3 is 2.71 bits per heavy atom. The van der Waals surface area contributed by atoms with Crippen LogP contribution in [0.4, 0.5) is 24.7 Å². The van der Waals surface area contributed by atoms with Gasteiger partial charge in [-0.3, -0.25) is 0 Å². The van der Waals surface area contributed by atoms with Crippen LogP contribution in [0.5, 0.6) is 0 Å². The van der Waals surface area contributed by atoms with E-state index in [0.717, 1.165) is 22.3 Å². The molecular weight excluding hydrogens is 321 g/mol. The van der Waals surface area contributed by atoms with Crippen molar-refractivity contribution in [2.75, 3.05) is 5.32 Å². The van der Waals surface area contributed by atoms with Crippen molar-refractivity contribution in [1.29, 1.82) is 0 Å². The first-order valence-electron chi connectivity index (χ1n) is 7.06. The predicted molar refractivity (Wildman–Crippen MR) is 82.1 cm³/mol. The summed E-state index contributed by atoms with van der Waals surface area (Å²) in [6.07, 6.45) is -4.62. The van der Waals surface area contributed by atoms with Crippen LogP contribution in [0.2, 0.25) is 0 Å². The van der Waals surface area contributed by atoms with Crippen molar-refractivity contribution < 1.29 is 13.2 Å². The monoisotopic (exact) mass is 332 g/mol. The molecule has 3 aromatic heterocycles. The largest absolute Gasteiger partial charge is 0.453 e. The number of hydrogen-bond donors (Lipinski definition) is 2. The highest BCUT2D eigenvalue weighted by atomic mass is 19.4. The number of fused-ring (bicyclic) bond motifs is 2. The van der Waals surface area contributed by atoms with Gasteiger partial charge in [-0.25, -0.2) is 0 Å². The van der Waals surface area contributed by atoms with Crippen molar-refractivity contribution in [1.82, 2.24) is 24.8 Å². The van der Waals surface area contributed by atoms with Gasteiger partial charge in [0, 0.05) is 22.3 Å². The van der Waals surface area contributed by atoms with Gasteiger partial charge in [0.15, 0.2) is 11.5 Å². The lowest BCUT2D eigenvalue weighted by atomic mass is 10.2. The predicted octanol–water partition coefficient (Wildman–Crippen LogP) is 3.68. The molecule has 1 aromatic carbocycles. The van der Waals surface area contributed by atoms with Crippen LogP contribution in [0.25, 0.3) is 16.6 Å². The molecule has 0 aliphatic heterocycles. The van der Waals surface area contributed by atoms with Crippen molar-refractivity contribution in [2.45, 2.75) is 13.1 Å². The van der Waals surface area contributed by atoms with Crippen LogP contribution >= 0.6 is 0 Å². The lowest BCUT2D eigenvalue weighted by molar-refractivity contribution is -0.146. The Morgan fingerprint density at radius 1 is 1.08 bits per heavy atom. The van der Waals surface area contributed by atoms with Gasteiger partial charge >= 0.3 is 6.18 Å². The average molecular weight is 332 g/mol. The summed E-state index contributed by atoms with van der Waals surface area (Å²) in [5, 5.41) is 14.6. The first-order valence-corrected chi connectivity index (χ1v) is 7.06. The molecule has 6 nitrogen and oxygen atoms in total. The fraction of sp³-hybridized carbons (Fsp3) is 0.133. The highest BCUT2D eigenvalue weighted by Crippen LogP contribution is 2.28. The van der Waals surface area contributed by atoms with Crippen LogP contribution in [0.3, 0.4) is 0 Å². The molecule has 4 aromatic rings. The quantitative estimate of drug-likeness (QED) is 0.587. The number of halogens is 3. The smallest absolute Gasteiger partial charge is 0.359 e. The molecule has 24 heavy (non-hydrogen) atoms. The number of H-pyrrole nitrogens is 1. The van der Waals surface area contributed by atoms with Crippen LogP contribution in [0.1, 0.15) is 11.5 Å². The molecule has 122 valence electrons. The van der Waals surface area contributed by atoms with E-state index in [0.29, 0.717) is 4.52 Å². The highest BCUT2D eigenvalue weighted by molar-refractivity contribution is 5.84. The van der Waals surface area contributed by atoms with E-state index in [1.807, 2.05) is 31.2 Å². The summed E-state index contributed by atoms with van der Waals surface area (Å²) in [5.74, 6) is -0.891. The van der Waals surface area contributed by atoms with Gasteiger partial charge in [-0.15, -0.1) is 15.3 Å². The standard InChI is InChI=1S/C15H11F3N6/c1-8-6-9-7-10(2-3-11(9)19-8)20-12-4-5-13-21-22-14(15(16,17)18)24(13)23-12/h2-7,19H,1H3,(H,20,23). The molecular formula is C15H11F3N6. The summed E-state index contributed by atoms with van der Waals surface area (Å²) >= 11 is 0. The summed E-state index contributed by atoms with van der Waals surface area (Å²) in [6.45, 7) is 1.95. The van der Waals surface area contributed by atoms with Gasteiger partial charge in [0.2, 0.25) is 0 Å². The molecule has 0 atom stereocenters. The summed E-state index contributed by atoms with van der Waals surface area (Å²) in [7, 11) is 0. The number of rotatable bonds is 2. The number of nitrogens with zero attached hydrogens (tertiary/aromatic N) is 4. The van der Waals surface area contributed by atoms with Gasteiger partial charge in [-0.2, -0.15) is 17.7 Å². The Morgan fingerprint density at radius 2 is 1.92 bits per heavy atom. The Bertz CT molecular complexity index is 1050. The molecule has 3 heterocycles. The van der Waals surface area contributed by atoms with Crippen LogP contribution in [0.15, 0.2) is 36.4 Å². The SMILES string of the molecule is Cc1cc2cc(Nc3ccc4nnc(C(F)(F)F)n4n3)ccc2[nH]1. The number of benzene rings is 1. The second-order valence-corrected chi connectivity index (χ2v) is 5.39. The van der Waals surface area contributed by atoms with Gasteiger partial charge in [0.05, 0.1) is 0 Å². The number of aromatic amines is 1. The van der Waals surface area contributed by atoms with Crippen molar-refractivity contribution in [3.05, 3.63) is 47.9 Å². The van der Waals surface area contributed by atoms with E-state index in [1.165, 1.54) is 6.07 Å². The maximum Gasteiger partial charge on any atom is 0.453 e. The normalized spacial score (nSPS) is 12.2. The molecule has 4 rings (SSSR count). The molecule has 2 N–H and O–H groups in total. The minimum Gasteiger partial charge on any atom is -0.359 e. The van der Waals surface area contributed by atoms with Crippen LogP contribution < -0.4 is 5.32 Å². The second-order valence-electron chi connectivity index (χ2n) is 5.39. The van der Waals surface area contributed by atoms with Crippen LogP contribution in [-0.4, -0.2) is 24.8 Å². The molecule has 0 aliphatic rings. The van der Waals surface area contributed by atoms with E-state index in [-0.39, 0.29) is 11.5 Å². The fourth-order valence-corrected chi connectivity index (χ4v) is 2.54.